The molecule has 5 nitrogen and oxygen atoms in total. The van der Waals surface area contributed by atoms with Gasteiger partial charge in [-0.25, -0.2) is 4.39 Å². The van der Waals surface area contributed by atoms with Crippen LogP contribution in [0, 0.1) is 5.82 Å². The van der Waals surface area contributed by atoms with Crippen molar-refractivity contribution in [3.63, 3.8) is 0 Å². The summed E-state index contributed by atoms with van der Waals surface area (Å²) < 4.78 is 18.6. The van der Waals surface area contributed by atoms with Gasteiger partial charge in [-0.15, -0.1) is 0 Å². The molecule has 0 bridgehead atoms. The molecule has 2 rings (SSSR count). The van der Waals surface area contributed by atoms with Gasteiger partial charge in [0.05, 0.1) is 23.9 Å². The van der Waals surface area contributed by atoms with Gasteiger partial charge in [-0.05, 0) is 18.9 Å². The third-order valence-corrected chi connectivity index (χ3v) is 3.15. The van der Waals surface area contributed by atoms with Crippen molar-refractivity contribution in [2.75, 3.05) is 19.8 Å². The van der Waals surface area contributed by atoms with Crippen LogP contribution in [-0.2, 0) is 4.74 Å². The smallest absolute Gasteiger partial charge is 0.254 e. The molecule has 0 saturated carbocycles. The largest absolute Gasteiger partial charge is 0.394 e. The molecule has 0 radical (unpaired) electrons. The number of nitrogens with zero attached hydrogens (tertiary/aromatic N) is 1. The van der Waals surface area contributed by atoms with Crippen molar-refractivity contribution in [3.05, 3.63) is 29.8 Å². The van der Waals surface area contributed by atoms with Gasteiger partial charge in [-0.3, -0.25) is 9.78 Å². The van der Waals surface area contributed by atoms with Crippen molar-refractivity contribution >= 4 is 5.91 Å². The monoisotopic (exact) mass is 254 g/mol. The Morgan fingerprint density at radius 3 is 2.89 bits per heavy atom. The summed E-state index contributed by atoms with van der Waals surface area (Å²) >= 11 is 0. The highest BCUT2D eigenvalue weighted by atomic mass is 19.1. The van der Waals surface area contributed by atoms with Crippen LogP contribution in [0.2, 0.25) is 0 Å². The predicted molar refractivity (Wildman–Crippen MR) is 61.5 cm³/mol. The van der Waals surface area contributed by atoms with Crippen molar-refractivity contribution in [2.45, 2.75) is 18.4 Å². The molecule has 0 atom stereocenters. The summed E-state index contributed by atoms with van der Waals surface area (Å²) in [6.07, 6.45) is 3.38. The topological polar surface area (TPSA) is 71.5 Å². The van der Waals surface area contributed by atoms with Gasteiger partial charge in [0.15, 0.2) is 5.82 Å². The van der Waals surface area contributed by atoms with E-state index in [0.717, 1.165) is 6.20 Å². The maximum absolute atomic E-state index is 13.4. The van der Waals surface area contributed by atoms with Crippen molar-refractivity contribution in [2.24, 2.45) is 0 Å². The molecule has 1 aromatic heterocycles. The molecule has 1 saturated heterocycles. The lowest BCUT2D eigenvalue weighted by Crippen LogP contribution is -2.54. The van der Waals surface area contributed by atoms with Gasteiger partial charge < -0.3 is 15.2 Å². The lowest BCUT2D eigenvalue weighted by molar-refractivity contribution is 0.0124. The van der Waals surface area contributed by atoms with E-state index in [1.807, 2.05) is 0 Å². The molecule has 2 N–H and O–H groups in total. The molecule has 0 aromatic carbocycles. The van der Waals surface area contributed by atoms with Gasteiger partial charge in [0.2, 0.25) is 0 Å². The van der Waals surface area contributed by atoms with Crippen LogP contribution in [-0.4, -0.2) is 41.4 Å². The number of nitrogens with one attached hydrogen (secondary N) is 1. The number of rotatable bonds is 3. The number of carbonyl (C=O) groups is 1. The second-order valence-electron chi connectivity index (χ2n) is 4.36. The summed E-state index contributed by atoms with van der Waals surface area (Å²) in [5, 5.41) is 12.1. The molecule has 0 aliphatic carbocycles. The first kappa shape index (κ1) is 12.9. The second kappa shape index (κ2) is 5.41. The molecule has 1 amide bonds. The van der Waals surface area contributed by atoms with E-state index in [1.54, 1.807) is 0 Å². The van der Waals surface area contributed by atoms with Crippen LogP contribution in [0.5, 0.6) is 0 Å². The Bertz CT molecular complexity index is 433. The van der Waals surface area contributed by atoms with E-state index in [0.29, 0.717) is 26.1 Å². The number of hydrogen-bond acceptors (Lipinski definition) is 4. The maximum atomic E-state index is 13.4. The van der Waals surface area contributed by atoms with Crippen LogP contribution < -0.4 is 5.32 Å². The molecule has 18 heavy (non-hydrogen) atoms. The molecular weight excluding hydrogens is 239 g/mol. The van der Waals surface area contributed by atoms with Gasteiger partial charge in [0.1, 0.15) is 0 Å². The highest BCUT2D eigenvalue weighted by Gasteiger charge is 2.34. The standard InChI is InChI=1S/C12H15FN2O3/c13-10-7-14-4-1-9(10)11(17)15-12(8-16)2-5-18-6-3-12/h1,4,7,16H,2-3,5-6,8H2,(H,15,17). The summed E-state index contributed by atoms with van der Waals surface area (Å²) in [4.78, 5) is 15.6. The van der Waals surface area contributed by atoms with E-state index < -0.39 is 17.3 Å². The van der Waals surface area contributed by atoms with Gasteiger partial charge in [-0.2, -0.15) is 0 Å². The average molecular weight is 254 g/mol. The van der Waals surface area contributed by atoms with Crippen LogP contribution in [0.3, 0.4) is 0 Å². The van der Waals surface area contributed by atoms with Gasteiger partial charge in [0, 0.05) is 19.4 Å². The number of aliphatic hydroxyl groups is 1. The lowest BCUT2D eigenvalue weighted by Gasteiger charge is -2.36. The number of carbonyl (C=O) groups excluding carboxylic acids is 1. The van der Waals surface area contributed by atoms with Crippen LogP contribution in [0.25, 0.3) is 0 Å². The Hall–Kier alpha value is -1.53. The molecule has 1 aromatic rings. The number of pyridine rings is 1. The molecule has 6 heteroatoms. The minimum Gasteiger partial charge on any atom is -0.394 e. The SMILES string of the molecule is O=C(NC1(CO)CCOCC1)c1ccncc1F. The molecule has 98 valence electrons. The highest BCUT2D eigenvalue weighted by Crippen LogP contribution is 2.21. The highest BCUT2D eigenvalue weighted by molar-refractivity contribution is 5.94. The van der Waals surface area contributed by atoms with Crippen molar-refractivity contribution in [1.29, 1.82) is 0 Å². The van der Waals surface area contributed by atoms with Crippen molar-refractivity contribution < 1.29 is 19.0 Å². The molecule has 0 spiro atoms. The predicted octanol–water partition coefficient (Wildman–Crippen LogP) is 0.492. The van der Waals surface area contributed by atoms with Gasteiger partial charge in [0.25, 0.3) is 5.91 Å². The minimum absolute atomic E-state index is 0.0654. The van der Waals surface area contributed by atoms with E-state index in [9.17, 15) is 14.3 Å². The second-order valence-corrected chi connectivity index (χ2v) is 4.36. The minimum atomic E-state index is -0.717. The third-order valence-electron chi connectivity index (χ3n) is 3.15. The zero-order valence-corrected chi connectivity index (χ0v) is 9.86. The number of ether oxygens (including phenoxy) is 1. The molecule has 1 fully saturated rings. The zero-order chi connectivity index (χ0) is 13.0. The zero-order valence-electron chi connectivity index (χ0n) is 9.86. The van der Waals surface area contributed by atoms with E-state index >= 15 is 0 Å². The maximum Gasteiger partial charge on any atom is 0.254 e. The van der Waals surface area contributed by atoms with E-state index in [1.165, 1.54) is 12.3 Å². The third kappa shape index (κ3) is 2.65. The molecule has 2 heterocycles. The summed E-state index contributed by atoms with van der Waals surface area (Å²) in [6.45, 7) is 0.758. The lowest BCUT2D eigenvalue weighted by atomic mass is 9.90. The molecular formula is C12H15FN2O3. The summed E-state index contributed by atoms with van der Waals surface area (Å²) in [5.41, 5.74) is -0.783. The van der Waals surface area contributed by atoms with Gasteiger partial charge >= 0.3 is 0 Å². The fourth-order valence-corrected chi connectivity index (χ4v) is 1.95. The van der Waals surface area contributed by atoms with E-state index in [4.69, 9.17) is 4.74 Å². The first-order valence-electron chi connectivity index (χ1n) is 5.77. The number of halogens is 1. The quantitative estimate of drug-likeness (QED) is 0.823. The van der Waals surface area contributed by atoms with Crippen LogP contribution in [0.4, 0.5) is 4.39 Å². The first-order chi connectivity index (χ1) is 8.67. The van der Waals surface area contributed by atoms with E-state index in [2.05, 4.69) is 10.3 Å². The fraction of sp³-hybridized carbons (Fsp3) is 0.500. The Labute approximate surface area is 104 Å². The Morgan fingerprint density at radius 1 is 1.56 bits per heavy atom. The Balaban J connectivity index is 2.13. The van der Waals surface area contributed by atoms with Crippen molar-refractivity contribution in [3.8, 4) is 0 Å². The molecule has 1 aliphatic heterocycles. The Morgan fingerprint density at radius 2 is 2.28 bits per heavy atom. The first-order valence-corrected chi connectivity index (χ1v) is 5.77. The summed E-state index contributed by atoms with van der Waals surface area (Å²) in [6, 6.07) is 1.31. The normalized spacial score (nSPS) is 18.3. The van der Waals surface area contributed by atoms with E-state index in [-0.39, 0.29) is 12.2 Å². The fourth-order valence-electron chi connectivity index (χ4n) is 1.95. The number of hydrogen-bond donors (Lipinski definition) is 2. The Kier molecular flexibility index (Phi) is 3.88. The average Bonchev–Trinajstić information content (AvgIpc) is 2.40. The van der Waals surface area contributed by atoms with Crippen molar-refractivity contribution in [1.82, 2.24) is 10.3 Å². The van der Waals surface area contributed by atoms with Crippen LogP contribution >= 0.6 is 0 Å². The summed E-state index contributed by atoms with van der Waals surface area (Å²) in [7, 11) is 0. The van der Waals surface area contributed by atoms with Gasteiger partial charge in [-0.1, -0.05) is 0 Å². The van der Waals surface area contributed by atoms with Crippen LogP contribution in [0.15, 0.2) is 18.5 Å². The number of amides is 1. The van der Waals surface area contributed by atoms with Crippen LogP contribution in [0.1, 0.15) is 23.2 Å². The molecule has 0 unspecified atom stereocenters. The number of aliphatic hydroxyl groups excluding tert-OH is 1. The summed E-state index contributed by atoms with van der Waals surface area (Å²) in [5.74, 6) is -1.21. The molecule has 1 aliphatic rings. The number of aromatic nitrogens is 1.